The third kappa shape index (κ3) is 4.96. The molecule has 0 spiro atoms. The summed E-state index contributed by atoms with van der Waals surface area (Å²) in [6, 6.07) is 74.8. The summed E-state index contributed by atoms with van der Waals surface area (Å²) in [4.78, 5) is 2.45. The molecule has 0 aliphatic rings. The molecule has 0 radical (unpaired) electrons. The van der Waals surface area contributed by atoms with Crippen LogP contribution < -0.4 is 4.90 Å². The molecule has 10 rings (SSSR count). The summed E-state index contributed by atoms with van der Waals surface area (Å²) in [5.74, 6) is 0. The average molecular weight is 663 g/mol. The summed E-state index contributed by atoms with van der Waals surface area (Å²) in [6.07, 6.45) is 0. The van der Waals surface area contributed by atoms with E-state index in [-0.39, 0.29) is 0 Å². The first kappa shape index (κ1) is 30.0. The molecule has 0 aliphatic heterocycles. The van der Waals surface area contributed by atoms with Crippen LogP contribution in [0.1, 0.15) is 0 Å². The number of aromatic nitrogens is 1. The fraction of sp³-hybridized carbons (Fsp3) is 0. The minimum absolute atomic E-state index is 1.09. The topological polar surface area (TPSA) is 8.17 Å². The minimum Gasteiger partial charge on any atom is -0.309 e. The van der Waals surface area contributed by atoms with Gasteiger partial charge in [-0.25, -0.2) is 0 Å². The highest BCUT2D eigenvalue weighted by Crippen LogP contribution is 2.45. The first-order valence-corrected chi connectivity index (χ1v) is 17.9. The number of nitrogens with zero attached hydrogens (tertiary/aromatic N) is 2. The molecule has 0 fully saturated rings. The van der Waals surface area contributed by atoms with Crippen LogP contribution in [0.3, 0.4) is 0 Å². The Morgan fingerprint density at radius 3 is 1.62 bits per heavy atom. The molecule has 0 N–H and O–H groups in total. The molecule has 0 saturated heterocycles. The average Bonchev–Trinajstić information content (AvgIpc) is 3.56. The minimum atomic E-state index is 1.09. The van der Waals surface area contributed by atoms with E-state index in [1.54, 1.807) is 0 Å². The van der Waals surface area contributed by atoms with E-state index in [4.69, 9.17) is 0 Å². The SMILES string of the molecule is c1ccc(-c2ccccc2N(c2ccc(-c3cccc4ccccc34)cc2)c2cc(-n3c4ccccc4c4ccccc43)cc3ccccc23)cc1. The van der Waals surface area contributed by atoms with Gasteiger partial charge in [-0.05, 0) is 75.3 Å². The smallest absolute Gasteiger partial charge is 0.0561 e. The number of anilines is 3. The molecule has 1 aromatic heterocycles. The van der Waals surface area contributed by atoms with E-state index in [0.29, 0.717) is 0 Å². The maximum absolute atomic E-state index is 2.45. The second-order valence-electron chi connectivity index (χ2n) is 13.3. The van der Waals surface area contributed by atoms with E-state index in [9.17, 15) is 0 Å². The standard InChI is InChI=1S/C50H34N2/c1-2-15-36(16-3-1)43-21-8-11-26-47(43)51(39-31-29-37(30-32-39)42-25-14-19-35-17-4-6-20-41(35)42)50-34-40(33-38-18-5-7-22-44(38)50)52-48-27-12-9-23-45(48)46-24-10-13-28-49(46)52/h1-34H. The highest BCUT2D eigenvalue weighted by molar-refractivity contribution is 6.10. The third-order valence-electron chi connectivity index (χ3n) is 10.4. The number of hydrogen-bond acceptors (Lipinski definition) is 1. The van der Waals surface area contributed by atoms with Crippen LogP contribution in [0.5, 0.6) is 0 Å². The van der Waals surface area contributed by atoms with Crippen molar-refractivity contribution in [3.63, 3.8) is 0 Å². The first-order chi connectivity index (χ1) is 25.8. The Bertz CT molecular complexity index is 2840. The number of fused-ring (bicyclic) bond motifs is 5. The van der Waals surface area contributed by atoms with Gasteiger partial charge in [-0.3, -0.25) is 0 Å². The van der Waals surface area contributed by atoms with Gasteiger partial charge in [0, 0.05) is 33.1 Å². The van der Waals surface area contributed by atoms with E-state index in [0.717, 1.165) is 22.7 Å². The van der Waals surface area contributed by atoms with Gasteiger partial charge in [0.25, 0.3) is 0 Å². The second-order valence-corrected chi connectivity index (χ2v) is 13.3. The van der Waals surface area contributed by atoms with Crippen LogP contribution in [0.15, 0.2) is 206 Å². The summed E-state index contributed by atoms with van der Waals surface area (Å²) < 4.78 is 2.42. The van der Waals surface area contributed by atoms with Crippen LogP contribution in [-0.2, 0) is 0 Å². The highest BCUT2D eigenvalue weighted by atomic mass is 15.1. The van der Waals surface area contributed by atoms with Crippen molar-refractivity contribution in [2.75, 3.05) is 4.90 Å². The maximum Gasteiger partial charge on any atom is 0.0561 e. The van der Waals surface area contributed by atoms with Crippen molar-refractivity contribution < 1.29 is 0 Å². The molecule has 0 saturated carbocycles. The summed E-state index contributed by atoms with van der Waals surface area (Å²) in [5.41, 5.74) is 11.6. The van der Waals surface area contributed by atoms with Crippen LogP contribution >= 0.6 is 0 Å². The Labute approximate surface area is 303 Å². The second kappa shape index (κ2) is 12.5. The van der Waals surface area contributed by atoms with Gasteiger partial charge in [0.1, 0.15) is 0 Å². The zero-order chi connectivity index (χ0) is 34.4. The van der Waals surface area contributed by atoms with E-state index < -0.39 is 0 Å². The van der Waals surface area contributed by atoms with Gasteiger partial charge in [0.2, 0.25) is 0 Å². The fourth-order valence-corrected chi connectivity index (χ4v) is 8.00. The molecule has 9 aromatic carbocycles. The van der Waals surface area contributed by atoms with Crippen LogP contribution in [0, 0.1) is 0 Å². The van der Waals surface area contributed by atoms with Crippen molar-refractivity contribution in [2.24, 2.45) is 0 Å². The molecule has 0 bridgehead atoms. The van der Waals surface area contributed by atoms with Crippen LogP contribution in [0.2, 0.25) is 0 Å². The van der Waals surface area contributed by atoms with Crippen LogP contribution in [0.4, 0.5) is 17.1 Å². The molecule has 0 aliphatic carbocycles. The molecule has 0 atom stereocenters. The number of para-hydroxylation sites is 3. The fourth-order valence-electron chi connectivity index (χ4n) is 8.00. The van der Waals surface area contributed by atoms with Crippen molar-refractivity contribution in [1.29, 1.82) is 0 Å². The summed E-state index contributed by atoms with van der Waals surface area (Å²) in [7, 11) is 0. The summed E-state index contributed by atoms with van der Waals surface area (Å²) in [5, 5.41) is 7.38. The molecule has 10 aromatic rings. The van der Waals surface area contributed by atoms with Crippen molar-refractivity contribution >= 4 is 60.4 Å². The van der Waals surface area contributed by atoms with Crippen molar-refractivity contribution in [3.05, 3.63) is 206 Å². The molecular weight excluding hydrogens is 629 g/mol. The Kier molecular flexibility index (Phi) is 7.18. The Hall–Kier alpha value is -6.90. The van der Waals surface area contributed by atoms with Gasteiger partial charge in [-0.2, -0.15) is 0 Å². The van der Waals surface area contributed by atoms with E-state index in [1.165, 1.54) is 65.6 Å². The summed E-state index contributed by atoms with van der Waals surface area (Å²) in [6.45, 7) is 0. The van der Waals surface area contributed by atoms with Gasteiger partial charge >= 0.3 is 0 Å². The third-order valence-corrected chi connectivity index (χ3v) is 10.4. The summed E-state index contributed by atoms with van der Waals surface area (Å²) >= 11 is 0. The first-order valence-electron chi connectivity index (χ1n) is 17.9. The zero-order valence-electron chi connectivity index (χ0n) is 28.5. The predicted molar refractivity (Wildman–Crippen MR) is 221 cm³/mol. The number of rotatable bonds is 6. The molecule has 2 heteroatoms. The molecule has 0 unspecified atom stereocenters. The lowest BCUT2D eigenvalue weighted by molar-refractivity contribution is 1.18. The molecular formula is C50H34N2. The zero-order valence-corrected chi connectivity index (χ0v) is 28.5. The predicted octanol–water partition coefficient (Wildman–Crippen LogP) is 13.9. The molecule has 1 heterocycles. The Balaban J connectivity index is 1.24. The van der Waals surface area contributed by atoms with Crippen LogP contribution in [0.25, 0.3) is 71.3 Å². The Morgan fingerprint density at radius 2 is 0.865 bits per heavy atom. The lowest BCUT2D eigenvalue weighted by Crippen LogP contribution is -2.12. The van der Waals surface area contributed by atoms with Gasteiger partial charge in [0.15, 0.2) is 0 Å². The number of benzene rings is 9. The molecule has 52 heavy (non-hydrogen) atoms. The monoisotopic (exact) mass is 662 g/mol. The highest BCUT2D eigenvalue weighted by Gasteiger charge is 2.22. The van der Waals surface area contributed by atoms with Gasteiger partial charge in [0.05, 0.1) is 22.4 Å². The Morgan fingerprint density at radius 1 is 0.327 bits per heavy atom. The maximum atomic E-state index is 2.45. The lowest BCUT2D eigenvalue weighted by atomic mass is 9.97. The van der Waals surface area contributed by atoms with E-state index >= 15 is 0 Å². The van der Waals surface area contributed by atoms with Gasteiger partial charge in [-0.15, -0.1) is 0 Å². The number of hydrogen-bond donors (Lipinski definition) is 0. The van der Waals surface area contributed by atoms with E-state index in [1.807, 2.05) is 0 Å². The molecule has 0 amide bonds. The van der Waals surface area contributed by atoms with Crippen LogP contribution in [-0.4, -0.2) is 4.57 Å². The quantitative estimate of drug-likeness (QED) is 0.172. The lowest BCUT2D eigenvalue weighted by Gasteiger charge is -2.30. The molecule has 244 valence electrons. The van der Waals surface area contributed by atoms with Crippen molar-refractivity contribution in [1.82, 2.24) is 4.57 Å². The normalized spacial score (nSPS) is 11.5. The van der Waals surface area contributed by atoms with Crippen molar-refractivity contribution in [2.45, 2.75) is 0 Å². The largest absolute Gasteiger partial charge is 0.309 e. The van der Waals surface area contributed by atoms with Gasteiger partial charge in [-0.1, -0.05) is 164 Å². The van der Waals surface area contributed by atoms with Gasteiger partial charge < -0.3 is 9.47 Å². The molecule has 2 nitrogen and oxygen atoms in total. The van der Waals surface area contributed by atoms with Crippen molar-refractivity contribution in [3.8, 4) is 27.9 Å². The van der Waals surface area contributed by atoms with E-state index in [2.05, 4.69) is 216 Å².